The van der Waals surface area contributed by atoms with Crippen LogP contribution in [0.15, 0.2) is 5.16 Å². The Labute approximate surface area is 399 Å². The van der Waals surface area contributed by atoms with Gasteiger partial charge in [-0.25, -0.2) is 0 Å². The number of aliphatic hydroxyl groups is 5. The lowest BCUT2D eigenvalue weighted by atomic mass is 9.73. The van der Waals surface area contributed by atoms with Crippen LogP contribution in [0.25, 0.3) is 0 Å². The van der Waals surface area contributed by atoms with Gasteiger partial charge in [0.15, 0.2) is 12.6 Å². The van der Waals surface area contributed by atoms with Gasteiger partial charge in [0.25, 0.3) is 0 Å². The van der Waals surface area contributed by atoms with Crippen molar-refractivity contribution in [2.24, 2.45) is 28.8 Å². The maximum atomic E-state index is 14.5. The summed E-state index contributed by atoms with van der Waals surface area (Å²) in [7, 11) is 5.28. The lowest BCUT2D eigenvalue weighted by Crippen LogP contribution is -2.61. The Balaban J connectivity index is 2.02. The first-order chi connectivity index (χ1) is 31.0. The second-order valence-corrected chi connectivity index (χ2v) is 21.3. The number of likely N-dealkylation sites (N-methyl/N-ethyl adjacent to an activating group) is 1. The van der Waals surface area contributed by atoms with Crippen molar-refractivity contribution in [3.8, 4) is 0 Å². The number of rotatable bonds is 21. The predicted octanol–water partition coefficient (Wildman–Crippen LogP) is 7.29. The minimum absolute atomic E-state index is 0.0329. The smallest absolute Gasteiger partial charge is 0.311 e. The molecule has 15 heteroatoms. The maximum Gasteiger partial charge on any atom is 0.311 e. The Morgan fingerprint density at radius 1 is 0.773 bits per heavy atom. The van der Waals surface area contributed by atoms with Crippen molar-refractivity contribution in [1.29, 1.82) is 0 Å². The molecule has 66 heavy (non-hydrogen) atoms. The summed E-state index contributed by atoms with van der Waals surface area (Å²) in [6.07, 6.45) is 5.39. The number of carbonyl (C=O) groups excluding carboxylic acids is 1. The quantitative estimate of drug-likeness (QED) is 0.0437. The molecule has 0 aliphatic carbocycles. The molecule has 3 saturated heterocycles. The number of nitrogens with zero attached hydrogens (tertiary/aromatic N) is 2. The minimum Gasteiger partial charge on any atom is -0.459 e. The zero-order valence-electron chi connectivity index (χ0n) is 43.6. The highest BCUT2D eigenvalue weighted by Gasteiger charge is 2.53. The summed E-state index contributed by atoms with van der Waals surface area (Å²) in [5.41, 5.74) is -4.27. The second kappa shape index (κ2) is 27.2. The van der Waals surface area contributed by atoms with Gasteiger partial charge in [0.05, 0.1) is 53.4 Å². The van der Waals surface area contributed by atoms with Crippen molar-refractivity contribution < 1.29 is 63.6 Å². The van der Waals surface area contributed by atoms with Gasteiger partial charge in [-0.2, -0.15) is 0 Å². The van der Waals surface area contributed by atoms with E-state index in [1.54, 1.807) is 41.5 Å². The Kier molecular flexibility index (Phi) is 24.2. The zero-order valence-corrected chi connectivity index (χ0v) is 43.6. The standard InChI is InChI=1S/C51H96N2O13/c1-15-17-18-19-20-21-22-23-24-25-26-27-28-61-52-41-32(3)30-49(9,58)46(66-48-42(54)38(53(12)13)29-33(4)62-48)35(6)43(65-40-31-50(10,60-14)45(56)37(8)63-40)36(7)47(57)64-39(16-2)51(11,59)44(55)34(41)5/h32-40,42-46,48,54-56,58-59H,15-31H2,1-14H3/b52-41+/t32-,33-,34+,35+,36-,37+,38+,39-,40+,42-,43+,44-,45+,46-,48+,49-,50-,51-/m1/s1. The van der Waals surface area contributed by atoms with E-state index < -0.39 is 102 Å². The fraction of sp³-hybridized carbons (Fsp3) is 0.961. The molecular formula is C51H96N2O13. The highest BCUT2D eigenvalue weighted by molar-refractivity contribution is 5.88. The molecule has 0 spiro atoms. The van der Waals surface area contributed by atoms with Gasteiger partial charge in [-0.15, -0.1) is 0 Å². The van der Waals surface area contributed by atoms with Crippen LogP contribution in [0.2, 0.25) is 0 Å². The molecule has 15 nitrogen and oxygen atoms in total. The van der Waals surface area contributed by atoms with Crippen molar-refractivity contribution in [2.45, 2.75) is 263 Å². The van der Waals surface area contributed by atoms with E-state index in [1.807, 2.05) is 39.8 Å². The fourth-order valence-corrected chi connectivity index (χ4v) is 10.7. The van der Waals surface area contributed by atoms with E-state index in [-0.39, 0.29) is 31.4 Å². The SMILES string of the molecule is CCCCCCCCCCCCCCO/N=C1\[C@H](C)C[C@@](C)(O)[C@H](O[C@@H]2O[C@H](C)C[C@H](N(C)C)[C@H]2O)[C@@H](C)[C@H](O[C@H]2C[C@@](C)(OC)[C@@H](O)[C@H](C)O2)[C@@H](C)C(=O)O[C@H](CC)[C@@](C)(O)[C@H](O)[C@H]1C. The van der Waals surface area contributed by atoms with E-state index in [0.717, 1.165) is 19.3 Å². The molecule has 3 heterocycles. The first-order valence-electron chi connectivity index (χ1n) is 25.7. The summed E-state index contributed by atoms with van der Waals surface area (Å²) in [5, 5.41) is 64.5. The molecule has 0 amide bonds. The number of carbonyl (C=O) groups is 1. The normalized spacial score (nSPS) is 41.7. The molecule has 0 saturated carbocycles. The van der Waals surface area contributed by atoms with Crippen LogP contribution in [-0.4, -0.2) is 154 Å². The summed E-state index contributed by atoms with van der Waals surface area (Å²) >= 11 is 0. The molecule has 3 aliphatic heterocycles. The summed E-state index contributed by atoms with van der Waals surface area (Å²) in [6, 6.07) is -0.310. The van der Waals surface area contributed by atoms with Crippen LogP contribution in [0.5, 0.6) is 0 Å². The van der Waals surface area contributed by atoms with Crippen molar-refractivity contribution >= 4 is 11.7 Å². The molecule has 18 atom stereocenters. The Morgan fingerprint density at radius 3 is 1.89 bits per heavy atom. The molecule has 0 unspecified atom stereocenters. The number of hydrogen-bond donors (Lipinski definition) is 5. The molecular weight excluding hydrogens is 849 g/mol. The monoisotopic (exact) mass is 945 g/mol. The van der Waals surface area contributed by atoms with Gasteiger partial charge in [-0.3, -0.25) is 4.79 Å². The van der Waals surface area contributed by atoms with E-state index in [1.165, 1.54) is 71.8 Å². The number of esters is 1. The second-order valence-electron chi connectivity index (χ2n) is 21.3. The Bertz CT molecular complexity index is 1430. The third-order valence-corrected chi connectivity index (χ3v) is 15.1. The highest BCUT2D eigenvalue weighted by atomic mass is 16.7. The number of aliphatic hydroxyl groups excluding tert-OH is 3. The first kappa shape index (κ1) is 58.8. The van der Waals surface area contributed by atoms with Gasteiger partial charge < -0.3 is 63.7 Å². The number of methoxy groups -OCH3 is 1. The lowest BCUT2D eigenvalue weighted by molar-refractivity contribution is -0.317. The van der Waals surface area contributed by atoms with E-state index in [0.29, 0.717) is 18.7 Å². The molecule has 3 aliphatic rings. The summed E-state index contributed by atoms with van der Waals surface area (Å²) in [5.74, 6) is -3.90. The average molecular weight is 945 g/mol. The Hall–Kier alpha value is -1.50. The molecule has 3 fully saturated rings. The highest BCUT2D eigenvalue weighted by Crippen LogP contribution is 2.41. The van der Waals surface area contributed by atoms with Gasteiger partial charge in [0.2, 0.25) is 0 Å². The number of unbranched alkanes of at least 4 members (excludes halogenated alkanes) is 11. The van der Waals surface area contributed by atoms with Crippen LogP contribution < -0.4 is 0 Å². The molecule has 388 valence electrons. The molecule has 3 rings (SSSR count). The summed E-state index contributed by atoms with van der Waals surface area (Å²) in [4.78, 5) is 22.4. The number of ether oxygens (including phenoxy) is 6. The minimum atomic E-state index is -1.92. The number of cyclic esters (lactones) is 1. The average Bonchev–Trinajstić information content (AvgIpc) is 3.26. The van der Waals surface area contributed by atoms with Crippen molar-refractivity contribution in [1.82, 2.24) is 4.90 Å². The zero-order chi connectivity index (χ0) is 49.6. The number of hydrogen-bond acceptors (Lipinski definition) is 15. The van der Waals surface area contributed by atoms with Crippen LogP contribution in [-0.2, 0) is 38.1 Å². The van der Waals surface area contributed by atoms with E-state index >= 15 is 0 Å². The summed E-state index contributed by atoms with van der Waals surface area (Å²) in [6.45, 7) is 20.0. The van der Waals surface area contributed by atoms with E-state index in [2.05, 4.69) is 12.1 Å². The van der Waals surface area contributed by atoms with Gasteiger partial charge in [-0.05, 0) is 87.7 Å². The van der Waals surface area contributed by atoms with Crippen LogP contribution in [0, 0.1) is 23.7 Å². The summed E-state index contributed by atoms with van der Waals surface area (Å²) < 4.78 is 38.0. The van der Waals surface area contributed by atoms with Crippen LogP contribution in [0.1, 0.15) is 179 Å². The van der Waals surface area contributed by atoms with Crippen molar-refractivity contribution in [3.63, 3.8) is 0 Å². The van der Waals surface area contributed by atoms with Gasteiger partial charge in [-0.1, -0.05) is 104 Å². The Morgan fingerprint density at radius 2 is 1.35 bits per heavy atom. The molecule has 0 aromatic carbocycles. The van der Waals surface area contributed by atoms with E-state index in [4.69, 9.17) is 33.3 Å². The van der Waals surface area contributed by atoms with Crippen LogP contribution in [0.4, 0.5) is 0 Å². The fourth-order valence-electron chi connectivity index (χ4n) is 10.7. The molecule has 0 aromatic rings. The predicted molar refractivity (Wildman–Crippen MR) is 256 cm³/mol. The van der Waals surface area contributed by atoms with Crippen LogP contribution in [0.3, 0.4) is 0 Å². The van der Waals surface area contributed by atoms with Crippen molar-refractivity contribution in [3.05, 3.63) is 0 Å². The van der Waals surface area contributed by atoms with Gasteiger partial charge in [0.1, 0.15) is 30.5 Å². The van der Waals surface area contributed by atoms with Crippen LogP contribution >= 0.6 is 0 Å². The van der Waals surface area contributed by atoms with Crippen molar-refractivity contribution in [2.75, 3.05) is 27.8 Å². The third-order valence-electron chi connectivity index (χ3n) is 15.1. The molecule has 0 aromatic heterocycles. The maximum absolute atomic E-state index is 14.5. The molecule has 5 N–H and O–H groups in total. The van der Waals surface area contributed by atoms with Gasteiger partial charge >= 0.3 is 5.97 Å². The molecule has 0 bridgehead atoms. The first-order valence-corrected chi connectivity index (χ1v) is 25.7. The lowest BCUT2D eigenvalue weighted by Gasteiger charge is -2.49. The van der Waals surface area contributed by atoms with Gasteiger partial charge in [0, 0.05) is 37.3 Å². The number of oxime groups is 1. The third kappa shape index (κ3) is 16.0. The topological polar surface area (TPSA) is 198 Å². The van der Waals surface area contributed by atoms with E-state index in [9.17, 15) is 30.3 Å². The molecule has 0 radical (unpaired) electrons. The largest absolute Gasteiger partial charge is 0.459 e.